The Morgan fingerprint density at radius 1 is 1.19 bits per heavy atom. The van der Waals surface area contributed by atoms with Gasteiger partial charge < -0.3 is 15.3 Å². The zero-order valence-corrected chi connectivity index (χ0v) is 13.7. The van der Waals surface area contributed by atoms with Gasteiger partial charge in [0.25, 0.3) is 0 Å². The fourth-order valence-electron chi connectivity index (χ4n) is 2.20. The van der Waals surface area contributed by atoms with Gasteiger partial charge in [0.15, 0.2) is 0 Å². The molecule has 2 amide bonds. The molecule has 0 unspecified atom stereocenters. The highest BCUT2D eigenvalue weighted by molar-refractivity contribution is 5.78. The molecule has 1 saturated heterocycles. The van der Waals surface area contributed by atoms with Crippen LogP contribution in [0.5, 0.6) is 0 Å². The summed E-state index contributed by atoms with van der Waals surface area (Å²) in [7, 11) is 0. The smallest absolute Gasteiger partial charge is 0.224 e. The molecule has 6 nitrogen and oxygen atoms in total. The van der Waals surface area contributed by atoms with Crippen LogP contribution in [0.2, 0.25) is 0 Å². The zero-order valence-electron chi connectivity index (χ0n) is 13.7. The summed E-state index contributed by atoms with van der Waals surface area (Å²) >= 11 is 0. The zero-order chi connectivity index (χ0) is 16.0. The average Bonchev–Trinajstić information content (AvgIpc) is 2.37. The van der Waals surface area contributed by atoms with Crippen molar-refractivity contribution in [3.8, 4) is 0 Å². The molecule has 1 heterocycles. The van der Waals surface area contributed by atoms with E-state index in [4.69, 9.17) is 0 Å². The van der Waals surface area contributed by atoms with Crippen LogP contribution < -0.4 is 5.32 Å². The molecule has 0 bridgehead atoms. The van der Waals surface area contributed by atoms with E-state index in [-0.39, 0.29) is 23.3 Å². The lowest BCUT2D eigenvalue weighted by molar-refractivity contribution is -0.133. The second-order valence-corrected chi connectivity index (χ2v) is 6.80. The van der Waals surface area contributed by atoms with Crippen molar-refractivity contribution in [2.24, 2.45) is 5.41 Å². The van der Waals surface area contributed by atoms with Crippen molar-refractivity contribution in [3.05, 3.63) is 0 Å². The summed E-state index contributed by atoms with van der Waals surface area (Å²) in [6.45, 7) is 11.5. The highest BCUT2D eigenvalue weighted by Gasteiger charge is 2.27. The number of hydrogen-bond donors (Lipinski definition) is 2. The van der Waals surface area contributed by atoms with E-state index in [2.05, 4.69) is 10.2 Å². The maximum Gasteiger partial charge on any atom is 0.224 e. The fraction of sp³-hybridized carbons (Fsp3) is 0.867. The van der Waals surface area contributed by atoms with Crippen LogP contribution in [0.4, 0.5) is 0 Å². The highest BCUT2D eigenvalue weighted by Crippen LogP contribution is 2.20. The second-order valence-electron chi connectivity index (χ2n) is 6.80. The van der Waals surface area contributed by atoms with Gasteiger partial charge in [-0.15, -0.1) is 0 Å². The molecule has 1 aliphatic rings. The molecule has 0 spiro atoms. The topological polar surface area (TPSA) is 72.9 Å². The number of amides is 2. The van der Waals surface area contributed by atoms with E-state index in [9.17, 15) is 14.7 Å². The van der Waals surface area contributed by atoms with Crippen LogP contribution in [0.15, 0.2) is 0 Å². The standard InChI is InChI=1S/C15H29N3O3/c1-12(19)16-6-5-14(21)18-9-7-17(8-10-18)11-13(20)15(2,3)4/h13,20H,5-11H2,1-4H3,(H,16,19)/t13-/m0/s1. The lowest BCUT2D eigenvalue weighted by Crippen LogP contribution is -2.52. The number of aliphatic hydroxyl groups excluding tert-OH is 1. The lowest BCUT2D eigenvalue weighted by atomic mass is 9.89. The van der Waals surface area contributed by atoms with Crippen LogP contribution in [-0.4, -0.2) is 72.1 Å². The molecule has 0 aromatic carbocycles. The summed E-state index contributed by atoms with van der Waals surface area (Å²) in [5.41, 5.74) is -0.120. The number of nitrogens with one attached hydrogen (secondary N) is 1. The minimum atomic E-state index is -0.362. The molecule has 0 aromatic heterocycles. The lowest BCUT2D eigenvalue weighted by Gasteiger charge is -2.38. The first-order valence-electron chi connectivity index (χ1n) is 7.63. The Hall–Kier alpha value is -1.14. The van der Waals surface area contributed by atoms with Crippen molar-refractivity contribution in [2.75, 3.05) is 39.3 Å². The molecular formula is C15H29N3O3. The summed E-state index contributed by atoms with van der Waals surface area (Å²) in [6.07, 6.45) is -0.0102. The number of piperazine rings is 1. The predicted octanol–water partition coefficient (Wildman–Crippen LogP) is 0.0638. The summed E-state index contributed by atoms with van der Waals surface area (Å²) in [6, 6.07) is 0. The largest absolute Gasteiger partial charge is 0.391 e. The third-order valence-electron chi connectivity index (χ3n) is 3.87. The molecule has 122 valence electrons. The first-order chi connectivity index (χ1) is 9.70. The van der Waals surface area contributed by atoms with E-state index in [1.54, 1.807) is 0 Å². The van der Waals surface area contributed by atoms with Crippen molar-refractivity contribution >= 4 is 11.8 Å². The number of hydrogen-bond acceptors (Lipinski definition) is 4. The molecule has 0 radical (unpaired) electrons. The first-order valence-corrected chi connectivity index (χ1v) is 7.63. The number of rotatable bonds is 5. The van der Waals surface area contributed by atoms with Crippen LogP contribution in [-0.2, 0) is 9.59 Å². The summed E-state index contributed by atoms with van der Waals surface area (Å²) in [4.78, 5) is 26.8. The van der Waals surface area contributed by atoms with Crippen molar-refractivity contribution in [2.45, 2.75) is 40.2 Å². The van der Waals surface area contributed by atoms with E-state index in [0.717, 1.165) is 13.1 Å². The second kappa shape index (κ2) is 7.75. The fourth-order valence-corrected chi connectivity index (χ4v) is 2.20. The number of β-amino-alcohol motifs (C(OH)–C–C–N with tert-alkyl or cyclic N) is 1. The summed E-state index contributed by atoms with van der Waals surface area (Å²) in [5.74, 6) is -0.0245. The predicted molar refractivity (Wildman–Crippen MR) is 81.8 cm³/mol. The van der Waals surface area contributed by atoms with Crippen LogP contribution in [0.1, 0.15) is 34.1 Å². The molecule has 21 heavy (non-hydrogen) atoms. The number of carbonyl (C=O) groups excluding carboxylic acids is 2. The Morgan fingerprint density at radius 3 is 2.24 bits per heavy atom. The minimum absolute atomic E-state index is 0.0831. The van der Waals surface area contributed by atoms with Gasteiger partial charge in [-0.1, -0.05) is 20.8 Å². The van der Waals surface area contributed by atoms with Gasteiger partial charge in [-0.2, -0.15) is 0 Å². The number of nitrogens with zero attached hydrogens (tertiary/aromatic N) is 2. The van der Waals surface area contributed by atoms with Crippen molar-refractivity contribution in [3.63, 3.8) is 0 Å². The Morgan fingerprint density at radius 2 is 1.76 bits per heavy atom. The number of aliphatic hydroxyl groups is 1. The third-order valence-corrected chi connectivity index (χ3v) is 3.87. The molecule has 2 N–H and O–H groups in total. The molecule has 6 heteroatoms. The third kappa shape index (κ3) is 6.44. The SMILES string of the molecule is CC(=O)NCCC(=O)N1CCN(C[C@H](O)C(C)(C)C)CC1. The van der Waals surface area contributed by atoms with Gasteiger partial charge in [0, 0.05) is 52.6 Å². The maximum atomic E-state index is 12.0. The Labute approximate surface area is 127 Å². The van der Waals surface area contributed by atoms with E-state index >= 15 is 0 Å². The Kier molecular flexibility index (Phi) is 6.61. The molecule has 0 aliphatic carbocycles. The van der Waals surface area contributed by atoms with E-state index < -0.39 is 0 Å². The van der Waals surface area contributed by atoms with Gasteiger partial charge in [0.1, 0.15) is 0 Å². The van der Waals surface area contributed by atoms with Gasteiger partial charge >= 0.3 is 0 Å². The normalized spacial score (nSPS) is 18.4. The van der Waals surface area contributed by atoms with Crippen molar-refractivity contribution < 1.29 is 14.7 Å². The van der Waals surface area contributed by atoms with Crippen LogP contribution in [0, 0.1) is 5.41 Å². The molecule has 1 rings (SSSR count). The Balaban J connectivity index is 2.28. The molecule has 0 aromatic rings. The van der Waals surface area contributed by atoms with Gasteiger partial charge in [0.05, 0.1) is 6.10 Å². The van der Waals surface area contributed by atoms with Gasteiger partial charge in [0.2, 0.25) is 11.8 Å². The van der Waals surface area contributed by atoms with Gasteiger partial charge in [-0.3, -0.25) is 14.5 Å². The van der Waals surface area contributed by atoms with E-state index in [1.807, 2.05) is 25.7 Å². The van der Waals surface area contributed by atoms with Crippen molar-refractivity contribution in [1.82, 2.24) is 15.1 Å². The minimum Gasteiger partial charge on any atom is -0.391 e. The van der Waals surface area contributed by atoms with Crippen molar-refractivity contribution in [1.29, 1.82) is 0 Å². The first kappa shape index (κ1) is 17.9. The molecule has 1 aliphatic heterocycles. The highest BCUT2D eigenvalue weighted by atomic mass is 16.3. The molecule has 1 fully saturated rings. The van der Waals surface area contributed by atoms with Gasteiger partial charge in [-0.25, -0.2) is 0 Å². The van der Waals surface area contributed by atoms with E-state index in [1.165, 1.54) is 6.92 Å². The Bertz CT molecular complexity index is 358. The summed E-state index contributed by atoms with van der Waals surface area (Å²) in [5, 5.41) is 12.8. The average molecular weight is 299 g/mol. The molecule has 1 atom stereocenters. The molecular weight excluding hydrogens is 270 g/mol. The van der Waals surface area contributed by atoms with Crippen LogP contribution >= 0.6 is 0 Å². The quantitative estimate of drug-likeness (QED) is 0.753. The van der Waals surface area contributed by atoms with Crippen LogP contribution in [0.3, 0.4) is 0 Å². The summed E-state index contributed by atoms with van der Waals surface area (Å²) < 4.78 is 0. The molecule has 0 saturated carbocycles. The van der Waals surface area contributed by atoms with Crippen LogP contribution in [0.25, 0.3) is 0 Å². The van der Waals surface area contributed by atoms with E-state index in [0.29, 0.717) is 32.6 Å². The van der Waals surface area contributed by atoms with Gasteiger partial charge in [-0.05, 0) is 5.41 Å². The number of carbonyl (C=O) groups is 2. The maximum absolute atomic E-state index is 12.0. The monoisotopic (exact) mass is 299 g/mol.